The summed E-state index contributed by atoms with van der Waals surface area (Å²) in [6.45, 7) is 1.87. The second kappa shape index (κ2) is 7.67. The molecule has 1 N–H and O–H groups in total. The summed E-state index contributed by atoms with van der Waals surface area (Å²) >= 11 is 6.34. The molecule has 2 aromatic rings. The van der Waals surface area contributed by atoms with Gasteiger partial charge in [0.2, 0.25) is 0 Å². The number of hydrogen-bond acceptors (Lipinski definition) is 6. The fraction of sp³-hybridized carbons (Fsp3) is 0.111. The molecule has 2 heterocycles. The van der Waals surface area contributed by atoms with Crippen LogP contribution in [0.2, 0.25) is 0 Å². The number of aromatic nitrogens is 1. The molecule has 1 aliphatic heterocycles. The summed E-state index contributed by atoms with van der Waals surface area (Å²) in [6.07, 6.45) is 1.66. The maximum Gasteiger partial charge on any atom is 0.285 e. The van der Waals surface area contributed by atoms with Crippen LogP contribution in [0, 0.1) is 6.92 Å². The monoisotopic (exact) mass is 385 g/mol. The molecule has 1 aromatic heterocycles. The molecule has 2 amide bonds. The molecule has 1 saturated heterocycles. The Morgan fingerprint density at radius 1 is 1.27 bits per heavy atom. The van der Waals surface area contributed by atoms with Gasteiger partial charge in [-0.2, -0.15) is 5.01 Å². The van der Waals surface area contributed by atoms with Crippen molar-refractivity contribution in [1.29, 1.82) is 0 Å². The molecule has 0 saturated carbocycles. The zero-order valence-electron chi connectivity index (χ0n) is 14.1. The number of rotatable bonds is 4. The lowest BCUT2D eigenvalue weighted by atomic mass is 10.2. The predicted molar refractivity (Wildman–Crippen MR) is 104 cm³/mol. The minimum absolute atomic E-state index is 0.260. The van der Waals surface area contributed by atoms with E-state index in [1.165, 1.54) is 0 Å². The van der Waals surface area contributed by atoms with Crippen LogP contribution in [0.1, 0.15) is 21.7 Å². The van der Waals surface area contributed by atoms with Gasteiger partial charge < -0.3 is 4.74 Å². The van der Waals surface area contributed by atoms with Gasteiger partial charge >= 0.3 is 0 Å². The highest BCUT2D eigenvalue weighted by Crippen LogP contribution is 2.31. The van der Waals surface area contributed by atoms with Crippen LogP contribution in [0.25, 0.3) is 6.08 Å². The van der Waals surface area contributed by atoms with E-state index in [9.17, 15) is 9.59 Å². The van der Waals surface area contributed by atoms with Gasteiger partial charge in [-0.1, -0.05) is 17.8 Å². The molecule has 3 rings (SSSR count). The Morgan fingerprint density at radius 2 is 2.00 bits per heavy atom. The van der Waals surface area contributed by atoms with Crippen molar-refractivity contribution >= 4 is 46.2 Å². The summed E-state index contributed by atoms with van der Waals surface area (Å²) in [5.74, 6) is -0.176. The number of amides is 2. The second-order valence-corrected chi connectivity index (χ2v) is 7.07. The Morgan fingerprint density at radius 3 is 2.65 bits per heavy atom. The van der Waals surface area contributed by atoms with Crippen LogP contribution in [-0.4, -0.2) is 33.2 Å². The molecule has 0 aliphatic carbocycles. The lowest BCUT2D eigenvalue weighted by Gasteiger charge is -2.15. The number of pyridine rings is 1. The molecule has 1 aliphatic rings. The highest BCUT2D eigenvalue weighted by molar-refractivity contribution is 8.26. The van der Waals surface area contributed by atoms with Gasteiger partial charge in [0.15, 0.2) is 4.32 Å². The van der Waals surface area contributed by atoms with E-state index < -0.39 is 5.91 Å². The summed E-state index contributed by atoms with van der Waals surface area (Å²) in [6, 6.07) is 12.1. The van der Waals surface area contributed by atoms with Crippen molar-refractivity contribution in [2.45, 2.75) is 6.92 Å². The van der Waals surface area contributed by atoms with Crippen LogP contribution >= 0.6 is 24.0 Å². The summed E-state index contributed by atoms with van der Waals surface area (Å²) in [4.78, 5) is 29.7. The van der Waals surface area contributed by atoms with Gasteiger partial charge in [0.05, 0.1) is 17.7 Å². The maximum absolute atomic E-state index is 12.6. The Hall–Kier alpha value is -2.71. The molecular weight excluding hydrogens is 370 g/mol. The molecule has 0 radical (unpaired) electrons. The molecule has 8 heteroatoms. The van der Waals surface area contributed by atoms with Crippen molar-refractivity contribution in [3.63, 3.8) is 0 Å². The standard InChI is InChI=1S/C18H15N3O3S2/c1-11-4-3-5-13(19-11)10-15-17(23)21(18(25)26-15)20-16(22)12-6-8-14(24-2)9-7-12/h3-10H,1-2H3,(H,20,22). The third-order valence-electron chi connectivity index (χ3n) is 3.55. The summed E-state index contributed by atoms with van der Waals surface area (Å²) < 4.78 is 5.32. The van der Waals surface area contributed by atoms with Gasteiger partial charge in [-0.25, -0.2) is 0 Å². The van der Waals surface area contributed by atoms with E-state index in [4.69, 9.17) is 17.0 Å². The highest BCUT2D eigenvalue weighted by Gasteiger charge is 2.33. The summed E-state index contributed by atoms with van der Waals surface area (Å²) in [7, 11) is 1.55. The molecule has 1 aromatic carbocycles. The molecule has 6 nitrogen and oxygen atoms in total. The Labute approximate surface area is 160 Å². The topological polar surface area (TPSA) is 71.5 Å². The number of thiocarbonyl (C=S) groups is 1. The minimum atomic E-state index is -0.432. The number of ether oxygens (including phenoxy) is 1. The average molecular weight is 385 g/mol. The number of nitrogens with zero attached hydrogens (tertiary/aromatic N) is 2. The van der Waals surface area contributed by atoms with Crippen LogP contribution in [0.15, 0.2) is 47.4 Å². The fourth-order valence-corrected chi connectivity index (χ4v) is 3.42. The largest absolute Gasteiger partial charge is 0.497 e. The van der Waals surface area contributed by atoms with E-state index >= 15 is 0 Å². The Kier molecular flexibility index (Phi) is 5.34. The normalized spacial score (nSPS) is 15.5. The zero-order chi connectivity index (χ0) is 18.7. The quantitative estimate of drug-likeness (QED) is 0.645. The molecule has 0 atom stereocenters. The lowest BCUT2D eigenvalue weighted by molar-refractivity contribution is -0.123. The maximum atomic E-state index is 12.6. The van der Waals surface area contributed by atoms with Crippen LogP contribution in [0.4, 0.5) is 0 Å². The van der Waals surface area contributed by atoms with Crippen LogP contribution in [-0.2, 0) is 4.79 Å². The van der Waals surface area contributed by atoms with Gasteiger partial charge in [0, 0.05) is 11.3 Å². The van der Waals surface area contributed by atoms with Crippen molar-refractivity contribution in [2.24, 2.45) is 0 Å². The lowest BCUT2D eigenvalue weighted by Crippen LogP contribution is -2.44. The SMILES string of the molecule is COc1ccc(C(=O)NN2C(=O)C(=Cc3cccc(C)n3)SC2=S)cc1. The van der Waals surface area contributed by atoms with Crippen molar-refractivity contribution in [2.75, 3.05) is 7.11 Å². The number of nitrogens with one attached hydrogen (secondary N) is 1. The molecule has 1 fully saturated rings. The molecular formula is C18H15N3O3S2. The number of benzene rings is 1. The fourth-order valence-electron chi connectivity index (χ4n) is 2.25. The summed E-state index contributed by atoms with van der Waals surface area (Å²) in [5.41, 5.74) is 4.44. The first-order valence-electron chi connectivity index (χ1n) is 7.64. The minimum Gasteiger partial charge on any atom is -0.497 e. The molecule has 0 unspecified atom stereocenters. The van der Waals surface area contributed by atoms with Gasteiger partial charge in [-0.05, 0) is 61.6 Å². The smallest absolute Gasteiger partial charge is 0.285 e. The van der Waals surface area contributed by atoms with Crippen molar-refractivity contribution in [1.82, 2.24) is 15.4 Å². The third kappa shape index (κ3) is 3.92. The van der Waals surface area contributed by atoms with Gasteiger partial charge in [-0.15, -0.1) is 0 Å². The number of hydrogen-bond donors (Lipinski definition) is 1. The number of thioether (sulfide) groups is 1. The Bertz CT molecular complexity index is 910. The van der Waals surface area contributed by atoms with E-state index in [1.54, 1.807) is 43.5 Å². The second-order valence-electron chi connectivity index (χ2n) is 5.39. The van der Waals surface area contributed by atoms with Crippen LogP contribution in [0.5, 0.6) is 5.75 Å². The van der Waals surface area contributed by atoms with Crippen LogP contribution < -0.4 is 10.2 Å². The number of aryl methyl sites for hydroxylation is 1. The van der Waals surface area contributed by atoms with Crippen LogP contribution in [0.3, 0.4) is 0 Å². The summed E-state index contributed by atoms with van der Waals surface area (Å²) in [5, 5.41) is 1.08. The average Bonchev–Trinajstić information content (AvgIpc) is 2.89. The van der Waals surface area contributed by atoms with Crippen molar-refractivity contribution < 1.29 is 14.3 Å². The number of carbonyl (C=O) groups is 2. The molecule has 0 bridgehead atoms. The zero-order valence-corrected chi connectivity index (χ0v) is 15.7. The van der Waals surface area contributed by atoms with E-state index in [2.05, 4.69) is 10.4 Å². The molecule has 132 valence electrons. The highest BCUT2D eigenvalue weighted by atomic mass is 32.2. The van der Waals surface area contributed by atoms with E-state index in [0.717, 1.165) is 22.5 Å². The van der Waals surface area contributed by atoms with Gasteiger partial charge in [0.1, 0.15) is 5.75 Å². The van der Waals surface area contributed by atoms with Gasteiger partial charge in [-0.3, -0.25) is 20.0 Å². The first kappa shape index (κ1) is 18.1. The van der Waals surface area contributed by atoms with E-state index in [0.29, 0.717) is 21.9 Å². The van der Waals surface area contributed by atoms with E-state index in [-0.39, 0.29) is 10.2 Å². The first-order valence-corrected chi connectivity index (χ1v) is 8.87. The molecule has 0 spiro atoms. The predicted octanol–water partition coefficient (Wildman–Crippen LogP) is 2.94. The molecule has 26 heavy (non-hydrogen) atoms. The van der Waals surface area contributed by atoms with Crippen molar-refractivity contribution in [3.8, 4) is 5.75 Å². The number of hydrazine groups is 1. The van der Waals surface area contributed by atoms with Gasteiger partial charge in [0.25, 0.3) is 11.8 Å². The number of carbonyl (C=O) groups excluding carboxylic acids is 2. The first-order chi connectivity index (χ1) is 12.5. The third-order valence-corrected chi connectivity index (χ3v) is 4.85. The number of methoxy groups -OCH3 is 1. The van der Waals surface area contributed by atoms with Crippen molar-refractivity contribution in [3.05, 3.63) is 64.3 Å². The Balaban J connectivity index is 1.75. The van der Waals surface area contributed by atoms with E-state index in [1.807, 2.05) is 19.1 Å².